The second-order valence-electron chi connectivity index (χ2n) is 3.13. The van der Waals surface area contributed by atoms with Crippen LogP contribution in [0.15, 0.2) is 0 Å². The van der Waals surface area contributed by atoms with Crippen molar-refractivity contribution in [3.63, 3.8) is 0 Å². The summed E-state index contributed by atoms with van der Waals surface area (Å²) in [4.78, 5) is 10.6. The van der Waals surface area contributed by atoms with Gasteiger partial charge in [-0.15, -0.1) is 0 Å². The molecule has 2 fully saturated rings. The molecule has 2 atom stereocenters. The van der Waals surface area contributed by atoms with E-state index in [1.165, 1.54) is 0 Å². The van der Waals surface area contributed by atoms with Gasteiger partial charge in [0.2, 0.25) is 0 Å². The zero-order valence-corrected chi connectivity index (χ0v) is 5.05. The van der Waals surface area contributed by atoms with Crippen LogP contribution in [0.5, 0.6) is 0 Å². The van der Waals surface area contributed by atoms with E-state index in [-0.39, 0.29) is 0 Å². The minimum Gasteiger partial charge on any atom is -0.300 e. The smallest absolute Gasteiger partial charge is 0.133 e. The number of hydrogen-bond acceptors (Lipinski definition) is 1. The van der Waals surface area contributed by atoms with E-state index in [4.69, 9.17) is 0 Å². The van der Waals surface area contributed by atoms with Crippen LogP contribution in [-0.4, -0.2) is 5.78 Å². The van der Waals surface area contributed by atoms with Crippen LogP contribution < -0.4 is 0 Å². The zero-order chi connectivity index (χ0) is 5.72. The molecule has 0 spiro atoms. The predicted octanol–water partition coefficient (Wildman–Crippen LogP) is 1.23. The number of fused-ring (bicyclic) bond motifs is 1. The van der Waals surface area contributed by atoms with Gasteiger partial charge in [0, 0.05) is 12.8 Å². The molecule has 44 valence electrons. The number of rotatable bonds is 0. The Hall–Kier alpha value is -0.330. The highest BCUT2D eigenvalue weighted by molar-refractivity contribution is 5.82. The molecule has 0 saturated heterocycles. The van der Waals surface area contributed by atoms with E-state index in [1.807, 2.05) is 0 Å². The van der Waals surface area contributed by atoms with Gasteiger partial charge in [0.05, 0.1) is 0 Å². The van der Waals surface area contributed by atoms with E-state index >= 15 is 0 Å². The molecular formula is C7H10O. The van der Waals surface area contributed by atoms with Crippen molar-refractivity contribution in [1.82, 2.24) is 0 Å². The highest BCUT2D eigenvalue weighted by Crippen LogP contribution is 2.55. The molecule has 0 radical (unpaired) electrons. The topological polar surface area (TPSA) is 17.1 Å². The summed E-state index contributed by atoms with van der Waals surface area (Å²) in [5.41, 5.74) is 0. The molecule has 0 aromatic carbocycles. The van der Waals surface area contributed by atoms with Gasteiger partial charge < -0.3 is 0 Å². The zero-order valence-electron chi connectivity index (χ0n) is 5.05. The molecule has 0 aromatic heterocycles. The number of carbonyl (C=O) groups excluding carboxylic acids is 1. The summed E-state index contributed by atoms with van der Waals surface area (Å²) in [7, 11) is 0. The van der Waals surface area contributed by atoms with Crippen molar-refractivity contribution in [1.29, 1.82) is 0 Å². The maximum atomic E-state index is 10.6. The minimum atomic E-state index is 0.498. The first-order valence-corrected chi connectivity index (χ1v) is 3.31. The fourth-order valence-corrected chi connectivity index (χ4v) is 1.92. The van der Waals surface area contributed by atoms with Crippen molar-refractivity contribution in [3.8, 4) is 0 Å². The first-order valence-electron chi connectivity index (χ1n) is 3.31. The van der Waals surface area contributed by atoms with Crippen LogP contribution in [0.2, 0.25) is 0 Å². The van der Waals surface area contributed by atoms with E-state index < -0.39 is 0 Å². The largest absolute Gasteiger partial charge is 0.300 e. The van der Waals surface area contributed by atoms with Gasteiger partial charge in [-0.25, -0.2) is 0 Å². The standard InChI is InChI=1S/C7H10O/c1-4-6-2-5(8)3-7(4)6/h4,6-7H,2-3H2,1H3. The molecule has 2 aliphatic carbocycles. The Bertz CT molecular complexity index is 125. The van der Waals surface area contributed by atoms with Crippen LogP contribution in [0, 0.1) is 17.8 Å². The van der Waals surface area contributed by atoms with Crippen molar-refractivity contribution < 1.29 is 4.79 Å². The van der Waals surface area contributed by atoms with Crippen LogP contribution in [0.1, 0.15) is 19.8 Å². The molecule has 0 bridgehead atoms. The van der Waals surface area contributed by atoms with E-state index in [1.54, 1.807) is 0 Å². The SMILES string of the molecule is CC1C2CC(=O)CC12. The van der Waals surface area contributed by atoms with Crippen LogP contribution >= 0.6 is 0 Å². The van der Waals surface area contributed by atoms with Gasteiger partial charge in [0.15, 0.2) is 0 Å². The Morgan fingerprint density at radius 2 is 1.88 bits per heavy atom. The Morgan fingerprint density at radius 3 is 2.25 bits per heavy atom. The quantitative estimate of drug-likeness (QED) is 0.458. The Labute approximate surface area is 49.1 Å². The predicted molar refractivity (Wildman–Crippen MR) is 30.4 cm³/mol. The van der Waals surface area contributed by atoms with E-state index in [0.717, 1.165) is 30.6 Å². The molecule has 2 saturated carbocycles. The fourth-order valence-electron chi connectivity index (χ4n) is 1.92. The molecule has 1 heteroatoms. The lowest BCUT2D eigenvalue weighted by molar-refractivity contribution is -0.118. The summed E-state index contributed by atoms with van der Waals surface area (Å²) in [6.45, 7) is 2.25. The third-order valence-corrected chi connectivity index (χ3v) is 2.69. The Kier molecular flexibility index (Phi) is 0.651. The third-order valence-electron chi connectivity index (χ3n) is 2.69. The molecule has 8 heavy (non-hydrogen) atoms. The van der Waals surface area contributed by atoms with Crippen molar-refractivity contribution in [2.24, 2.45) is 17.8 Å². The molecule has 1 nitrogen and oxygen atoms in total. The molecule has 0 heterocycles. The van der Waals surface area contributed by atoms with E-state index in [0.29, 0.717) is 5.78 Å². The summed E-state index contributed by atoms with van der Waals surface area (Å²) in [6.07, 6.45) is 1.79. The molecule has 0 aromatic rings. The maximum absolute atomic E-state index is 10.6. The number of Topliss-reactive ketones (excluding diaryl/α,β-unsaturated/α-hetero) is 1. The van der Waals surface area contributed by atoms with Gasteiger partial charge in [-0.3, -0.25) is 4.79 Å². The Balaban J connectivity index is 2.09. The van der Waals surface area contributed by atoms with Crippen molar-refractivity contribution in [3.05, 3.63) is 0 Å². The molecular weight excluding hydrogens is 100 g/mol. The monoisotopic (exact) mass is 110 g/mol. The summed E-state index contributed by atoms with van der Waals surface area (Å²) < 4.78 is 0. The third kappa shape index (κ3) is 0.396. The first-order chi connectivity index (χ1) is 3.79. The van der Waals surface area contributed by atoms with Gasteiger partial charge in [0.1, 0.15) is 5.78 Å². The Morgan fingerprint density at radius 1 is 1.38 bits per heavy atom. The van der Waals surface area contributed by atoms with E-state index in [9.17, 15) is 4.79 Å². The summed E-state index contributed by atoms with van der Waals surface area (Å²) in [6, 6.07) is 0. The van der Waals surface area contributed by atoms with Gasteiger partial charge in [-0.05, 0) is 17.8 Å². The van der Waals surface area contributed by atoms with Crippen LogP contribution in [0.25, 0.3) is 0 Å². The molecule has 2 aliphatic rings. The van der Waals surface area contributed by atoms with Gasteiger partial charge in [-0.2, -0.15) is 0 Å². The summed E-state index contributed by atoms with van der Waals surface area (Å²) in [5, 5.41) is 0. The van der Waals surface area contributed by atoms with Gasteiger partial charge in [0.25, 0.3) is 0 Å². The lowest BCUT2D eigenvalue weighted by Crippen LogP contribution is -1.94. The average Bonchev–Trinajstić information content (AvgIpc) is 2.29. The van der Waals surface area contributed by atoms with E-state index in [2.05, 4.69) is 6.92 Å². The van der Waals surface area contributed by atoms with Crippen molar-refractivity contribution in [2.45, 2.75) is 19.8 Å². The number of hydrogen-bond donors (Lipinski definition) is 0. The number of carbonyl (C=O) groups is 1. The lowest BCUT2D eigenvalue weighted by atomic mass is 10.1. The summed E-state index contributed by atoms with van der Waals surface area (Å²) in [5.74, 6) is 3.00. The normalized spacial score (nSPS) is 51.6. The maximum Gasteiger partial charge on any atom is 0.133 e. The number of ketones is 1. The highest BCUT2D eigenvalue weighted by Gasteiger charge is 2.52. The highest BCUT2D eigenvalue weighted by atomic mass is 16.1. The minimum absolute atomic E-state index is 0.498. The first kappa shape index (κ1) is 4.54. The van der Waals surface area contributed by atoms with Crippen molar-refractivity contribution >= 4 is 5.78 Å². The average molecular weight is 110 g/mol. The van der Waals surface area contributed by atoms with Crippen molar-refractivity contribution in [2.75, 3.05) is 0 Å². The van der Waals surface area contributed by atoms with Crippen LogP contribution in [0.3, 0.4) is 0 Å². The second kappa shape index (κ2) is 1.15. The second-order valence-corrected chi connectivity index (χ2v) is 3.13. The van der Waals surface area contributed by atoms with Crippen LogP contribution in [0.4, 0.5) is 0 Å². The lowest BCUT2D eigenvalue weighted by Gasteiger charge is -1.90. The van der Waals surface area contributed by atoms with Crippen LogP contribution in [-0.2, 0) is 4.79 Å². The molecule has 0 amide bonds. The molecule has 0 N–H and O–H groups in total. The van der Waals surface area contributed by atoms with Gasteiger partial charge >= 0.3 is 0 Å². The van der Waals surface area contributed by atoms with Gasteiger partial charge in [-0.1, -0.05) is 6.92 Å². The summed E-state index contributed by atoms with van der Waals surface area (Å²) >= 11 is 0. The fraction of sp³-hybridized carbons (Fsp3) is 0.857. The molecule has 0 aliphatic heterocycles. The molecule has 2 rings (SSSR count). The molecule has 2 unspecified atom stereocenters.